The number of benzene rings is 1. The molecular formula is C23H38IN3O2. The van der Waals surface area contributed by atoms with Crippen LogP contribution in [0.3, 0.4) is 0 Å². The van der Waals surface area contributed by atoms with Gasteiger partial charge in [-0.1, -0.05) is 26.0 Å². The summed E-state index contributed by atoms with van der Waals surface area (Å²) < 4.78 is 11.3. The first kappa shape index (κ1) is 24.3. The maximum absolute atomic E-state index is 5.69. The number of nitrogens with zero attached hydrogens (tertiary/aromatic N) is 2. The average molecular weight is 515 g/mol. The number of rotatable bonds is 5. The highest BCUT2D eigenvalue weighted by Crippen LogP contribution is 2.46. The number of likely N-dealkylation sites (tertiary alicyclic amines) is 1. The molecule has 0 aliphatic carbocycles. The quantitative estimate of drug-likeness (QED) is 0.358. The van der Waals surface area contributed by atoms with E-state index in [-0.39, 0.29) is 40.3 Å². The third-order valence-corrected chi connectivity index (χ3v) is 7.16. The Morgan fingerprint density at radius 2 is 1.76 bits per heavy atom. The number of hydrogen-bond acceptors (Lipinski definition) is 3. The highest BCUT2D eigenvalue weighted by atomic mass is 127. The molecule has 0 bridgehead atoms. The number of ether oxygens (including phenoxy) is 2. The van der Waals surface area contributed by atoms with Crippen LogP contribution in [0, 0.1) is 5.41 Å². The lowest BCUT2D eigenvalue weighted by molar-refractivity contribution is -0.0671. The lowest BCUT2D eigenvalue weighted by atomic mass is 9.65. The summed E-state index contributed by atoms with van der Waals surface area (Å²) in [6.45, 7) is 15.5. The van der Waals surface area contributed by atoms with E-state index in [0.717, 1.165) is 50.9 Å². The van der Waals surface area contributed by atoms with Crippen molar-refractivity contribution >= 4 is 29.9 Å². The van der Waals surface area contributed by atoms with Gasteiger partial charge in [0.15, 0.2) is 5.96 Å². The Morgan fingerprint density at radius 3 is 2.24 bits per heavy atom. The number of halogens is 1. The van der Waals surface area contributed by atoms with Gasteiger partial charge in [-0.05, 0) is 51.3 Å². The highest BCUT2D eigenvalue weighted by Gasteiger charge is 2.54. The van der Waals surface area contributed by atoms with Crippen LogP contribution >= 0.6 is 24.0 Å². The summed E-state index contributed by atoms with van der Waals surface area (Å²) in [5, 5.41) is 3.70. The van der Waals surface area contributed by atoms with Crippen LogP contribution in [0.2, 0.25) is 0 Å². The van der Waals surface area contributed by atoms with Crippen molar-refractivity contribution in [1.29, 1.82) is 0 Å². The second-order valence-electron chi connectivity index (χ2n) is 9.28. The summed E-state index contributed by atoms with van der Waals surface area (Å²) in [5.74, 6) is 1.93. The molecule has 0 aromatic heterocycles. The SMILES string of the molecule is CCOc1ccc(C2(CNC(=NC)N3CC(C)(C)C3(C)C)CCOCC2)cc1.I. The second-order valence-corrected chi connectivity index (χ2v) is 9.28. The predicted octanol–water partition coefficient (Wildman–Crippen LogP) is 4.45. The molecule has 2 aliphatic rings. The molecule has 0 spiro atoms. The van der Waals surface area contributed by atoms with Crippen LogP contribution in [0.25, 0.3) is 0 Å². The summed E-state index contributed by atoms with van der Waals surface area (Å²) in [5.41, 5.74) is 1.79. The molecule has 2 fully saturated rings. The monoisotopic (exact) mass is 515 g/mol. The Hall–Kier alpha value is -1.02. The van der Waals surface area contributed by atoms with Gasteiger partial charge >= 0.3 is 0 Å². The second kappa shape index (κ2) is 9.41. The third-order valence-electron chi connectivity index (χ3n) is 7.16. The van der Waals surface area contributed by atoms with Gasteiger partial charge in [0.1, 0.15) is 5.75 Å². The number of aliphatic imine (C=N–C) groups is 1. The summed E-state index contributed by atoms with van der Waals surface area (Å²) in [4.78, 5) is 7.00. The van der Waals surface area contributed by atoms with Crippen molar-refractivity contribution in [2.24, 2.45) is 10.4 Å². The van der Waals surface area contributed by atoms with Gasteiger partial charge in [0, 0.05) is 49.7 Å². The van der Waals surface area contributed by atoms with Gasteiger partial charge in [-0.25, -0.2) is 0 Å². The van der Waals surface area contributed by atoms with Crippen LogP contribution in [0.15, 0.2) is 29.3 Å². The normalized spacial score (nSPS) is 22.3. The van der Waals surface area contributed by atoms with E-state index in [9.17, 15) is 0 Å². The molecule has 0 unspecified atom stereocenters. The molecule has 5 nitrogen and oxygen atoms in total. The fourth-order valence-corrected chi connectivity index (χ4v) is 4.34. The molecule has 2 heterocycles. The van der Waals surface area contributed by atoms with Crippen LogP contribution in [0.5, 0.6) is 5.75 Å². The molecule has 1 N–H and O–H groups in total. The van der Waals surface area contributed by atoms with E-state index >= 15 is 0 Å². The molecule has 3 rings (SSSR count). The Bertz CT molecular complexity index is 695. The van der Waals surface area contributed by atoms with Gasteiger partial charge in [0.2, 0.25) is 0 Å². The van der Waals surface area contributed by atoms with Crippen molar-refractivity contribution in [3.63, 3.8) is 0 Å². The molecular weight excluding hydrogens is 477 g/mol. The summed E-state index contributed by atoms with van der Waals surface area (Å²) in [7, 11) is 1.89. The van der Waals surface area contributed by atoms with E-state index in [0.29, 0.717) is 6.61 Å². The van der Waals surface area contributed by atoms with E-state index in [2.05, 4.69) is 67.2 Å². The van der Waals surface area contributed by atoms with Crippen LogP contribution in [-0.2, 0) is 10.2 Å². The van der Waals surface area contributed by atoms with E-state index in [1.165, 1.54) is 5.56 Å². The van der Waals surface area contributed by atoms with Crippen LogP contribution < -0.4 is 10.1 Å². The zero-order chi connectivity index (χ0) is 20.4. The maximum Gasteiger partial charge on any atom is 0.194 e. The summed E-state index contributed by atoms with van der Waals surface area (Å²) >= 11 is 0. The van der Waals surface area contributed by atoms with Crippen LogP contribution in [-0.4, -0.2) is 56.4 Å². The fraction of sp³-hybridized carbons (Fsp3) is 0.696. The van der Waals surface area contributed by atoms with E-state index in [1.54, 1.807) is 0 Å². The van der Waals surface area contributed by atoms with Crippen molar-refractivity contribution < 1.29 is 9.47 Å². The van der Waals surface area contributed by atoms with Crippen LogP contribution in [0.1, 0.15) is 53.0 Å². The molecule has 1 aromatic rings. The molecule has 29 heavy (non-hydrogen) atoms. The number of guanidine groups is 1. The van der Waals surface area contributed by atoms with Gasteiger partial charge < -0.3 is 19.7 Å². The highest BCUT2D eigenvalue weighted by molar-refractivity contribution is 14.0. The standard InChI is InChI=1S/C23H37N3O2.HI/c1-7-28-19-10-8-18(9-11-19)23(12-14-27-15-13-23)16-25-20(24-6)26-17-21(2,3)22(26,4)5;/h8-11H,7,12-17H2,1-6H3,(H,24,25);1H. The molecule has 2 aliphatic heterocycles. The summed E-state index contributed by atoms with van der Waals surface area (Å²) in [6, 6.07) is 8.62. The lowest BCUT2D eigenvalue weighted by Crippen LogP contribution is -2.72. The van der Waals surface area contributed by atoms with Gasteiger partial charge in [0.25, 0.3) is 0 Å². The summed E-state index contributed by atoms with van der Waals surface area (Å²) in [6.07, 6.45) is 2.03. The van der Waals surface area contributed by atoms with Crippen molar-refractivity contribution in [3.05, 3.63) is 29.8 Å². The molecule has 0 amide bonds. The maximum atomic E-state index is 5.69. The molecule has 2 saturated heterocycles. The molecule has 164 valence electrons. The minimum absolute atomic E-state index is 0. The first-order valence-corrected chi connectivity index (χ1v) is 10.6. The largest absolute Gasteiger partial charge is 0.494 e. The zero-order valence-electron chi connectivity index (χ0n) is 18.9. The predicted molar refractivity (Wildman–Crippen MR) is 131 cm³/mol. The van der Waals surface area contributed by atoms with Gasteiger partial charge in [-0.3, -0.25) is 4.99 Å². The van der Waals surface area contributed by atoms with Crippen LogP contribution in [0.4, 0.5) is 0 Å². The Labute approximate surface area is 193 Å². The molecule has 0 atom stereocenters. The van der Waals surface area contributed by atoms with Crippen molar-refractivity contribution in [3.8, 4) is 5.75 Å². The molecule has 0 radical (unpaired) electrons. The Balaban J connectivity index is 0.00000300. The minimum atomic E-state index is 0. The van der Waals surface area contributed by atoms with Gasteiger partial charge in [0.05, 0.1) is 6.61 Å². The Kier molecular flexibility index (Phi) is 7.87. The molecule has 6 heteroatoms. The fourth-order valence-electron chi connectivity index (χ4n) is 4.34. The first-order chi connectivity index (χ1) is 13.3. The van der Waals surface area contributed by atoms with Crippen molar-refractivity contribution in [2.75, 3.05) is 40.0 Å². The van der Waals surface area contributed by atoms with Crippen molar-refractivity contribution in [1.82, 2.24) is 10.2 Å². The first-order valence-electron chi connectivity index (χ1n) is 10.6. The Morgan fingerprint density at radius 1 is 1.14 bits per heavy atom. The van der Waals surface area contributed by atoms with Gasteiger partial charge in [-0.2, -0.15) is 0 Å². The molecule has 1 aromatic carbocycles. The minimum Gasteiger partial charge on any atom is -0.494 e. The number of nitrogens with one attached hydrogen (secondary N) is 1. The molecule has 0 saturated carbocycles. The average Bonchev–Trinajstić information content (AvgIpc) is 2.69. The lowest BCUT2D eigenvalue weighted by Gasteiger charge is -2.62. The van der Waals surface area contributed by atoms with Gasteiger partial charge in [-0.15, -0.1) is 24.0 Å². The van der Waals surface area contributed by atoms with Crippen molar-refractivity contribution in [2.45, 2.75) is 58.4 Å². The van der Waals surface area contributed by atoms with E-state index < -0.39 is 0 Å². The zero-order valence-corrected chi connectivity index (χ0v) is 21.2. The van der Waals surface area contributed by atoms with E-state index in [4.69, 9.17) is 9.47 Å². The topological polar surface area (TPSA) is 46.1 Å². The number of hydrogen-bond donors (Lipinski definition) is 1. The smallest absolute Gasteiger partial charge is 0.194 e. The van der Waals surface area contributed by atoms with E-state index in [1.807, 2.05) is 14.0 Å². The third kappa shape index (κ3) is 4.68.